The van der Waals surface area contributed by atoms with Crippen molar-refractivity contribution in [2.45, 2.75) is 12.8 Å². The number of likely N-dealkylation sites (N-methyl/N-ethyl adjacent to an activating group) is 1. The van der Waals surface area contributed by atoms with E-state index in [0.717, 1.165) is 21.1 Å². The van der Waals surface area contributed by atoms with Crippen molar-refractivity contribution in [3.05, 3.63) is 18.2 Å². The number of likely N-dealkylation sites (tertiary alicyclic amines) is 1. The van der Waals surface area contributed by atoms with Crippen molar-refractivity contribution in [3.8, 4) is 5.75 Å². The van der Waals surface area contributed by atoms with E-state index in [1.54, 1.807) is 12.0 Å². The normalized spacial score (nSPS) is 15.4. The number of para-hydroxylation sites is 1. The number of primary amides is 1. The molecule has 2 aromatic rings. The van der Waals surface area contributed by atoms with Crippen molar-refractivity contribution < 1.29 is 14.3 Å². The number of aromatic nitrogens is 1. The number of anilines is 1. The Bertz CT molecular complexity index is 783. The Morgan fingerprint density at radius 1 is 1.40 bits per heavy atom. The van der Waals surface area contributed by atoms with Gasteiger partial charge in [-0.1, -0.05) is 17.4 Å². The number of rotatable bonds is 5. The molecule has 1 aliphatic heterocycles. The SMILES string of the molecule is COc1cccc2sc(N(C)CC(=O)N3CCC(C(N)=O)CC3)nc12. The van der Waals surface area contributed by atoms with Crippen LogP contribution in [0.5, 0.6) is 5.75 Å². The van der Waals surface area contributed by atoms with Crippen LogP contribution < -0.4 is 15.4 Å². The zero-order valence-electron chi connectivity index (χ0n) is 14.4. The number of hydrogen-bond donors (Lipinski definition) is 1. The lowest BCUT2D eigenvalue weighted by Gasteiger charge is -2.31. The topological polar surface area (TPSA) is 88.8 Å². The molecule has 0 spiro atoms. The van der Waals surface area contributed by atoms with Crippen LogP contribution in [0.3, 0.4) is 0 Å². The molecule has 25 heavy (non-hydrogen) atoms. The molecule has 1 fully saturated rings. The third-order valence-electron chi connectivity index (χ3n) is 4.54. The first-order valence-corrected chi connectivity index (χ1v) is 9.03. The molecule has 0 bridgehead atoms. The van der Waals surface area contributed by atoms with Crippen LogP contribution in [-0.2, 0) is 9.59 Å². The van der Waals surface area contributed by atoms with Gasteiger partial charge in [0.15, 0.2) is 5.13 Å². The molecule has 134 valence electrons. The fourth-order valence-corrected chi connectivity index (χ4v) is 3.97. The zero-order chi connectivity index (χ0) is 18.0. The first-order valence-electron chi connectivity index (χ1n) is 8.21. The summed E-state index contributed by atoms with van der Waals surface area (Å²) in [4.78, 5) is 32.0. The summed E-state index contributed by atoms with van der Waals surface area (Å²) < 4.78 is 6.36. The van der Waals surface area contributed by atoms with Gasteiger partial charge in [-0.2, -0.15) is 0 Å². The van der Waals surface area contributed by atoms with Gasteiger partial charge in [-0.3, -0.25) is 9.59 Å². The summed E-state index contributed by atoms with van der Waals surface area (Å²) in [6, 6.07) is 5.79. The molecule has 1 aromatic heterocycles. The summed E-state index contributed by atoms with van der Waals surface area (Å²) >= 11 is 1.53. The monoisotopic (exact) mass is 362 g/mol. The van der Waals surface area contributed by atoms with Gasteiger partial charge in [0.2, 0.25) is 11.8 Å². The average molecular weight is 362 g/mol. The number of carbonyl (C=O) groups excluding carboxylic acids is 2. The number of thiazole rings is 1. The van der Waals surface area contributed by atoms with Crippen LogP contribution in [-0.4, -0.2) is 55.5 Å². The molecule has 0 aliphatic carbocycles. The van der Waals surface area contributed by atoms with E-state index in [0.29, 0.717) is 25.9 Å². The van der Waals surface area contributed by atoms with Crippen LogP contribution in [0.4, 0.5) is 5.13 Å². The van der Waals surface area contributed by atoms with E-state index in [1.165, 1.54) is 11.3 Å². The highest BCUT2D eigenvalue weighted by Crippen LogP contribution is 2.33. The molecule has 7 nitrogen and oxygen atoms in total. The number of carbonyl (C=O) groups is 2. The van der Waals surface area contributed by atoms with Crippen LogP contribution in [0.25, 0.3) is 10.2 Å². The van der Waals surface area contributed by atoms with Gasteiger partial charge in [0.25, 0.3) is 0 Å². The van der Waals surface area contributed by atoms with Gasteiger partial charge in [-0.05, 0) is 25.0 Å². The largest absolute Gasteiger partial charge is 0.494 e. The van der Waals surface area contributed by atoms with Gasteiger partial charge in [0.05, 0.1) is 18.4 Å². The summed E-state index contributed by atoms with van der Waals surface area (Å²) in [7, 11) is 3.48. The molecule has 0 atom stereocenters. The minimum Gasteiger partial charge on any atom is -0.494 e. The van der Waals surface area contributed by atoms with Crippen molar-refractivity contribution >= 4 is 38.5 Å². The van der Waals surface area contributed by atoms with Gasteiger partial charge in [-0.25, -0.2) is 4.98 Å². The third-order valence-corrected chi connectivity index (χ3v) is 5.67. The second-order valence-corrected chi connectivity index (χ2v) is 7.23. The Balaban J connectivity index is 1.65. The first-order chi connectivity index (χ1) is 12.0. The molecule has 0 unspecified atom stereocenters. The van der Waals surface area contributed by atoms with Crippen LogP contribution >= 0.6 is 11.3 Å². The summed E-state index contributed by atoms with van der Waals surface area (Å²) in [5.41, 5.74) is 6.15. The Labute approximate surface area is 150 Å². The molecule has 8 heteroatoms. The third kappa shape index (κ3) is 3.68. The van der Waals surface area contributed by atoms with Gasteiger partial charge >= 0.3 is 0 Å². The number of nitrogens with zero attached hydrogens (tertiary/aromatic N) is 3. The van der Waals surface area contributed by atoms with Crippen LogP contribution in [0.1, 0.15) is 12.8 Å². The number of hydrogen-bond acceptors (Lipinski definition) is 6. The summed E-state index contributed by atoms with van der Waals surface area (Å²) in [5, 5.41) is 0.778. The highest BCUT2D eigenvalue weighted by molar-refractivity contribution is 7.22. The second kappa shape index (κ2) is 7.26. The number of amides is 2. The fourth-order valence-electron chi connectivity index (χ4n) is 3.02. The Hall–Kier alpha value is -2.35. The van der Waals surface area contributed by atoms with E-state index in [4.69, 9.17) is 10.5 Å². The molecular weight excluding hydrogens is 340 g/mol. The molecule has 1 saturated heterocycles. The molecule has 3 rings (SSSR count). The molecule has 1 aliphatic rings. The van der Waals surface area contributed by atoms with Crippen molar-refractivity contribution in [1.82, 2.24) is 9.88 Å². The maximum Gasteiger partial charge on any atom is 0.242 e. The number of piperidine rings is 1. The Morgan fingerprint density at radius 3 is 2.76 bits per heavy atom. The first kappa shape index (κ1) is 17.5. The van der Waals surface area contributed by atoms with Gasteiger partial charge in [0, 0.05) is 26.1 Å². The molecule has 0 saturated carbocycles. The number of methoxy groups -OCH3 is 1. The lowest BCUT2D eigenvalue weighted by Crippen LogP contribution is -2.45. The summed E-state index contributed by atoms with van der Waals surface area (Å²) in [6.45, 7) is 1.41. The number of benzene rings is 1. The Kier molecular flexibility index (Phi) is 5.08. The predicted molar refractivity (Wildman–Crippen MR) is 97.9 cm³/mol. The van der Waals surface area contributed by atoms with Crippen LogP contribution in [0.15, 0.2) is 18.2 Å². The lowest BCUT2D eigenvalue weighted by molar-refractivity contribution is -0.133. The highest BCUT2D eigenvalue weighted by atomic mass is 32.1. The van der Waals surface area contributed by atoms with Gasteiger partial charge in [-0.15, -0.1) is 0 Å². The van der Waals surface area contributed by atoms with E-state index in [1.807, 2.05) is 30.1 Å². The second-order valence-electron chi connectivity index (χ2n) is 6.22. The van der Waals surface area contributed by atoms with Gasteiger partial charge in [0.1, 0.15) is 11.3 Å². The molecule has 1 aromatic carbocycles. The van der Waals surface area contributed by atoms with Crippen molar-refractivity contribution in [1.29, 1.82) is 0 Å². The van der Waals surface area contributed by atoms with E-state index in [2.05, 4.69) is 4.98 Å². The molecule has 2 amide bonds. The maximum absolute atomic E-state index is 12.5. The quantitative estimate of drug-likeness (QED) is 0.870. The van der Waals surface area contributed by atoms with Crippen LogP contribution in [0, 0.1) is 5.92 Å². The molecule has 0 radical (unpaired) electrons. The predicted octanol–water partition coefficient (Wildman–Crippen LogP) is 1.46. The summed E-state index contributed by atoms with van der Waals surface area (Å²) in [6.07, 6.45) is 1.28. The highest BCUT2D eigenvalue weighted by Gasteiger charge is 2.26. The fraction of sp³-hybridized carbons (Fsp3) is 0.471. The lowest BCUT2D eigenvalue weighted by atomic mass is 9.96. The molecular formula is C17H22N4O3S. The Morgan fingerprint density at radius 2 is 2.12 bits per heavy atom. The minimum atomic E-state index is -0.271. The smallest absolute Gasteiger partial charge is 0.242 e. The number of nitrogens with two attached hydrogens (primary N) is 1. The van der Waals surface area contributed by atoms with Crippen molar-refractivity contribution in [3.63, 3.8) is 0 Å². The van der Waals surface area contributed by atoms with E-state index in [9.17, 15) is 9.59 Å². The standard InChI is InChI=1S/C17H22N4O3S/c1-20(10-14(22)21-8-6-11(7-9-21)16(18)23)17-19-15-12(24-2)4-3-5-13(15)25-17/h3-5,11H,6-10H2,1-2H3,(H2,18,23). The van der Waals surface area contributed by atoms with Crippen LogP contribution in [0.2, 0.25) is 0 Å². The van der Waals surface area contributed by atoms with E-state index >= 15 is 0 Å². The minimum absolute atomic E-state index is 0.0386. The van der Waals surface area contributed by atoms with Crippen molar-refractivity contribution in [2.24, 2.45) is 11.7 Å². The summed E-state index contributed by atoms with van der Waals surface area (Å²) in [5.74, 6) is 0.385. The number of fused-ring (bicyclic) bond motifs is 1. The zero-order valence-corrected chi connectivity index (χ0v) is 15.2. The van der Waals surface area contributed by atoms with E-state index < -0.39 is 0 Å². The molecule has 2 N–H and O–H groups in total. The maximum atomic E-state index is 12.5. The average Bonchev–Trinajstić information content (AvgIpc) is 3.06. The van der Waals surface area contributed by atoms with Crippen molar-refractivity contribution in [2.75, 3.05) is 38.7 Å². The van der Waals surface area contributed by atoms with E-state index in [-0.39, 0.29) is 24.3 Å². The van der Waals surface area contributed by atoms with Gasteiger partial charge < -0.3 is 20.3 Å². The molecule has 2 heterocycles. The number of ether oxygens (including phenoxy) is 1.